The molecule has 0 aliphatic heterocycles. The van der Waals surface area contributed by atoms with Crippen molar-refractivity contribution in [1.29, 1.82) is 0 Å². The molecule has 68 valence electrons. The zero-order valence-electron chi connectivity index (χ0n) is 7.92. The number of hydrogen-bond donors (Lipinski definition) is 1. The van der Waals surface area contributed by atoms with Crippen LogP contribution in [-0.4, -0.2) is 4.98 Å². The molecule has 0 unspecified atom stereocenters. The molecule has 0 fully saturated rings. The fraction of sp³-hybridized carbons (Fsp3) is 0.667. The van der Waals surface area contributed by atoms with E-state index in [1.54, 1.807) is 0 Å². The van der Waals surface area contributed by atoms with Crippen molar-refractivity contribution >= 4 is 0 Å². The van der Waals surface area contributed by atoms with E-state index in [1.807, 2.05) is 0 Å². The highest BCUT2D eigenvalue weighted by atomic mass is 16.4. The van der Waals surface area contributed by atoms with Crippen LogP contribution in [0.15, 0.2) is 4.42 Å². The lowest BCUT2D eigenvalue weighted by Gasteiger charge is -1.94. The van der Waals surface area contributed by atoms with Crippen LogP contribution in [0.5, 0.6) is 0 Å². The molecule has 0 saturated heterocycles. The van der Waals surface area contributed by atoms with Crippen LogP contribution in [0.4, 0.5) is 0 Å². The second-order valence-corrected chi connectivity index (χ2v) is 3.13. The lowest BCUT2D eigenvalue weighted by atomic mass is 10.2. The number of nitrogens with two attached hydrogens (primary N) is 1. The Balaban J connectivity index is 2.97. The summed E-state index contributed by atoms with van der Waals surface area (Å²) in [6.07, 6.45) is 0.892. The van der Waals surface area contributed by atoms with Crippen molar-refractivity contribution in [2.24, 2.45) is 5.73 Å². The van der Waals surface area contributed by atoms with E-state index >= 15 is 0 Å². The smallest absolute Gasteiger partial charge is 0.197 e. The number of nitrogens with zero attached hydrogens (tertiary/aromatic N) is 1. The molecular formula is C9H16N2O. The van der Waals surface area contributed by atoms with Crippen molar-refractivity contribution in [1.82, 2.24) is 4.98 Å². The molecule has 0 radical (unpaired) electrons. The van der Waals surface area contributed by atoms with Crippen LogP contribution in [-0.2, 0) is 13.0 Å². The van der Waals surface area contributed by atoms with Crippen LogP contribution >= 0.6 is 0 Å². The molecule has 0 spiro atoms. The Kier molecular flexibility index (Phi) is 2.87. The maximum atomic E-state index is 5.51. The molecule has 1 heterocycles. The van der Waals surface area contributed by atoms with E-state index < -0.39 is 0 Å². The van der Waals surface area contributed by atoms with Crippen LogP contribution in [0.25, 0.3) is 0 Å². The second-order valence-electron chi connectivity index (χ2n) is 3.13. The SMILES string of the molecule is CCc1nc(C(C)C)oc1CN. The normalized spacial score (nSPS) is 11.1. The fourth-order valence-electron chi connectivity index (χ4n) is 1.09. The van der Waals surface area contributed by atoms with Crippen molar-refractivity contribution in [3.8, 4) is 0 Å². The van der Waals surface area contributed by atoms with Crippen LogP contribution in [0.3, 0.4) is 0 Å². The van der Waals surface area contributed by atoms with Crippen LogP contribution < -0.4 is 5.73 Å². The predicted molar refractivity (Wildman–Crippen MR) is 47.9 cm³/mol. The number of aryl methyl sites for hydroxylation is 1. The maximum absolute atomic E-state index is 5.51. The Morgan fingerprint density at radius 2 is 2.17 bits per heavy atom. The van der Waals surface area contributed by atoms with Crippen molar-refractivity contribution in [3.63, 3.8) is 0 Å². The van der Waals surface area contributed by atoms with Crippen LogP contribution in [0, 0.1) is 0 Å². The van der Waals surface area contributed by atoms with Gasteiger partial charge >= 0.3 is 0 Å². The Labute approximate surface area is 73.0 Å². The molecule has 0 aromatic carbocycles. The first kappa shape index (κ1) is 9.26. The highest BCUT2D eigenvalue weighted by molar-refractivity contribution is 5.10. The lowest BCUT2D eigenvalue weighted by molar-refractivity contribution is 0.436. The Hall–Kier alpha value is -0.830. The maximum Gasteiger partial charge on any atom is 0.197 e. The number of aromatic nitrogens is 1. The third-order valence-corrected chi connectivity index (χ3v) is 1.81. The van der Waals surface area contributed by atoms with Gasteiger partial charge in [0.15, 0.2) is 5.89 Å². The van der Waals surface area contributed by atoms with Gasteiger partial charge in [0.25, 0.3) is 0 Å². The second kappa shape index (κ2) is 3.72. The third-order valence-electron chi connectivity index (χ3n) is 1.81. The molecule has 0 aliphatic rings. The van der Waals surface area contributed by atoms with Gasteiger partial charge in [-0.05, 0) is 6.42 Å². The summed E-state index contributed by atoms with van der Waals surface area (Å²) in [4.78, 5) is 4.35. The Bertz CT molecular complexity index is 232. The molecule has 0 aliphatic carbocycles. The van der Waals surface area contributed by atoms with Gasteiger partial charge in [0.05, 0.1) is 12.2 Å². The largest absolute Gasteiger partial charge is 0.444 e. The zero-order valence-corrected chi connectivity index (χ0v) is 7.92. The van der Waals surface area contributed by atoms with Crippen molar-refractivity contribution in [2.45, 2.75) is 39.7 Å². The van der Waals surface area contributed by atoms with Gasteiger partial charge in [-0.15, -0.1) is 0 Å². The molecule has 3 nitrogen and oxygen atoms in total. The number of rotatable bonds is 3. The number of oxazole rings is 1. The molecule has 2 N–H and O–H groups in total. The highest BCUT2D eigenvalue weighted by Gasteiger charge is 2.12. The quantitative estimate of drug-likeness (QED) is 0.749. The van der Waals surface area contributed by atoms with Crippen LogP contribution in [0.2, 0.25) is 0 Å². The lowest BCUT2D eigenvalue weighted by Crippen LogP contribution is -1.97. The first-order valence-corrected chi connectivity index (χ1v) is 4.37. The van der Waals surface area contributed by atoms with E-state index in [9.17, 15) is 0 Å². The summed E-state index contributed by atoms with van der Waals surface area (Å²) >= 11 is 0. The minimum absolute atomic E-state index is 0.343. The summed E-state index contributed by atoms with van der Waals surface area (Å²) in [7, 11) is 0. The minimum Gasteiger partial charge on any atom is -0.444 e. The first-order chi connectivity index (χ1) is 5.69. The molecule has 3 heteroatoms. The average molecular weight is 168 g/mol. The van der Waals surface area contributed by atoms with Gasteiger partial charge < -0.3 is 10.2 Å². The Morgan fingerprint density at radius 3 is 2.50 bits per heavy atom. The molecule has 0 bridgehead atoms. The molecular weight excluding hydrogens is 152 g/mol. The van der Waals surface area contributed by atoms with Gasteiger partial charge in [0, 0.05) is 5.92 Å². The van der Waals surface area contributed by atoms with Crippen LogP contribution in [0.1, 0.15) is 44.0 Å². The summed E-state index contributed by atoms with van der Waals surface area (Å²) in [6, 6.07) is 0. The highest BCUT2D eigenvalue weighted by Crippen LogP contribution is 2.18. The van der Waals surface area contributed by atoms with Gasteiger partial charge in [-0.1, -0.05) is 20.8 Å². The van der Waals surface area contributed by atoms with Gasteiger partial charge in [-0.25, -0.2) is 4.98 Å². The van der Waals surface area contributed by atoms with Gasteiger partial charge in [-0.3, -0.25) is 0 Å². The molecule has 1 rings (SSSR count). The van der Waals surface area contributed by atoms with Crippen molar-refractivity contribution in [2.75, 3.05) is 0 Å². The molecule has 12 heavy (non-hydrogen) atoms. The zero-order chi connectivity index (χ0) is 9.14. The fourth-order valence-corrected chi connectivity index (χ4v) is 1.09. The molecule has 1 aromatic heterocycles. The van der Waals surface area contributed by atoms with Gasteiger partial charge in [0.2, 0.25) is 0 Å². The molecule has 0 amide bonds. The monoisotopic (exact) mass is 168 g/mol. The topological polar surface area (TPSA) is 52.0 Å². The first-order valence-electron chi connectivity index (χ1n) is 4.37. The number of hydrogen-bond acceptors (Lipinski definition) is 3. The van der Waals surface area contributed by atoms with Crippen molar-refractivity contribution < 1.29 is 4.42 Å². The van der Waals surface area contributed by atoms with Crippen molar-refractivity contribution in [3.05, 3.63) is 17.3 Å². The standard InChI is InChI=1S/C9H16N2O/c1-4-7-8(5-10)12-9(11-7)6(2)3/h6H,4-5,10H2,1-3H3. The summed E-state index contributed by atoms with van der Waals surface area (Å²) in [5.74, 6) is 1.98. The third kappa shape index (κ3) is 1.67. The molecule has 1 aromatic rings. The van der Waals surface area contributed by atoms with E-state index in [2.05, 4.69) is 25.8 Å². The van der Waals surface area contributed by atoms with Gasteiger partial charge in [-0.2, -0.15) is 0 Å². The van der Waals surface area contributed by atoms with Gasteiger partial charge in [0.1, 0.15) is 5.76 Å². The minimum atomic E-state index is 0.343. The predicted octanol–water partition coefficient (Wildman–Crippen LogP) is 1.82. The Morgan fingerprint density at radius 1 is 1.50 bits per heavy atom. The summed E-state index contributed by atoms with van der Waals surface area (Å²) in [6.45, 7) is 6.63. The summed E-state index contributed by atoms with van der Waals surface area (Å²) < 4.78 is 5.48. The summed E-state index contributed by atoms with van der Waals surface area (Å²) in [5, 5.41) is 0. The molecule has 0 atom stereocenters. The van der Waals surface area contributed by atoms with E-state index in [0.717, 1.165) is 23.8 Å². The molecule has 0 saturated carbocycles. The summed E-state index contributed by atoms with van der Waals surface area (Å²) in [5.41, 5.74) is 6.51. The van der Waals surface area contributed by atoms with E-state index in [-0.39, 0.29) is 0 Å². The van der Waals surface area contributed by atoms with E-state index in [0.29, 0.717) is 12.5 Å². The van der Waals surface area contributed by atoms with E-state index in [4.69, 9.17) is 10.2 Å². The van der Waals surface area contributed by atoms with E-state index in [1.165, 1.54) is 0 Å². The average Bonchev–Trinajstić information content (AvgIpc) is 2.46.